The number of carbonyl (C=O) groups excluding carboxylic acids is 2. The summed E-state index contributed by atoms with van der Waals surface area (Å²) >= 11 is 1.44. The Bertz CT molecular complexity index is 884. The molecule has 0 spiro atoms. The first-order chi connectivity index (χ1) is 12.4. The zero-order valence-corrected chi connectivity index (χ0v) is 15.0. The van der Waals surface area contributed by atoms with E-state index in [0.717, 1.165) is 5.03 Å². The fourth-order valence-corrected chi connectivity index (χ4v) is 2.83. The first-order valence-electron chi connectivity index (χ1n) is 7.69. The minimum Gasteiger partial charge on any atom is -0.370 e. The van der Waals surface area contributed by atoms with Gasteiger partial charge in [0.1, 0.15) is 16.3 Å². The van der Waals surface area contributed by atoms with Crippen LogP contribution in [-0.4, -0.2) is 39.0 Å². The van der Waals surface area contributed by atoms with Crippen LogP contribution < -0.4 is 16.4 Å². The van der Waals surface area contributed by atoms with Crippen LogP contribution in [0.25, 0.3) is 0 Å². The Kier molecular flexibility index (Phi) is 4.85. The van der Waals surface area contributed by atoms with E-state index in [0.29, 0.717) is 11.4 Å². The van der Waals surface area contributed by atoms with Gasteiger partial charge in [0.05, 0.1) is 24.5 Å². The summed E-state index contributed by atoms with van der Waals surface area (Å²) in [4.78, 5) is 40.9. The zero-order chi connectivity index (χ0) is 18.7. The maximum Gasteiger partial charge on any atom is 0.275 e. The van der Waals surface area contributed by atoms with Gasteiger partial charge in [0.25, 0.3) is 5.91 Å². The van der Waals surface area contributed by atoms with E-state index < -0.39 is 11.4 Å². The zero-order valence-electron chi connectivity index (χ0n) is 14.2. The number of rotatable bonds is 4. The number of aliphatic imine (C=N–C) groups is 1. The maximum atomic E-state index is 12.3. The molecule has 0 aromatic carbocycles. The minimum absolute atomic E-state index is 0.0455. The lowest BCUT2D eigenvalue weighted by Gasteiger charge is -2.28. The highest BCUT2D eigenvalue weighted by Gasteiger charge is 2.34. The summed E-state index contributed by atoms with van der Waals surface area (Å²) in [5.41, 5.74) is 6.00. The highest BCUT2D eigenvalue weighted by atomic mass is 32.2. The van der Waals surface area contributed by atoms with Crippen molar-refractivity contribution < 1.29 is 9.59 Å². The molecule has 1 aliphatic rings. The van der Waals surface area contributed by atoms with Crippen LogP contribution in [0.2, 0.25) is 0 Å². The van der Waals surface area contributed by atoms with Crippen molar-refractivity contribution >= 4 is 35.2 Å². The van der Waals surface area contributed by atoms with Gasteiger partial charge in [0, 0.05) is 11.9 Å². The van der Waals surface area contributed by atoms with Gasteiger partial charge in [-0.2, -0.15) is 0 Å². The van der Waals surface area contributed by atoms with Crippen LogP contribution in [-0.2, 0) is 10.3 Å². The summed E-state index contributed by atoms with van der Waals surface area (Å²) in [5, 5.41) is 5.93. The minimum atomic E-state index is -0.896. The van der Waals surface area contributed by atoms with E-state index in [1.807, 2.05) is 6.26 Å². The van der Waals surface area contributed by atoms with E-state index in [-0.39, 0.29) is 24.0 Å². The molecule has 3 heterocycles. The number of nitrogens with two attached hydrogens (primary N) is 1. The SMILES string of the molecule is CSc1cnc(C(=O)Nc2ccnc(C3(C)CC(=O)NC(N)=N3)c2)cn1. The van der Waals surface area contributed by atoms with Gasteiger partial charge in [-0.25, -0.2) is 15.0 Å². The van der Waals surface area contributed by atoms with Gasteiger partial charge in [-0.1, -0.05) is 0 Å². The molecule has 0 saturated heterocycles. The largest absolute Gasteiger partial charge is 0.370 e. The lowest BCUT2D eigenvalue weighted by Crippen LogP contribution is -2.46. The second-order valence-corrected chi connectivity index (χ2v) is 6.65. The van der Waals surface area contributed by atoms with Crippen molar-refractivity contribution in [2.75, 3.05) is 11.6 Å². The molecule has 4 N–H and O–H groups in total. The third-order valence-electron chi connectivity index (χ3n) is 3.78. The van der Waals surface area contributed by atoms with Gasteiger partial charge < -0.3 is 11.1 Å². The van der Waals surface area contributed by atoms with E-state index in [2.05, 4.69) is 30.6 Å². The monoisotopic (exact) mass is 371 g/mol. The molecular formula is C16H17N7O2S. The highest BCUT2D eigenvalue weighted by molar-refractivity contribution is 7.98. The van der Waals surface area contributed by atoms with Crippen molar-refractivity contribution in [1.82, 2.24) is 20.3 Å². The Balaban J connectivity index is 1.82. The molecule has 2 amide bonds. The molecule has 1 aliphatic heterocycles. The smallest absolute Gasteiger partial charge is 0.275 e. The second kappa shape index (κ2) is 7.08. The quantitative estimate of drug-likeness (QED) is 0.679. The van der Waals surface area contributed by atoms with Gasteiger partial charge in [-0.05, 0) is 25.3 Å². The molecule has 0 saturated carbocycles. The van der Waals surface area contributed by atoms with E-state index >= 15 is 0 Å². The van der Waals surface area contributed by atoms with Crippen molar-refractivity contribution in [3.63, 3.8) is 0 Å². The van der Waals surface area contributed by atoms with E-state index in [4.69, 9.17) is 5.73 Å². The van der Waals surface area contributed by atoms with Gasteiger partial charge in [-0.15, -0.1) is 11.8 Å². The van der Waals surface area contributed by atoms with Gasteiger partial charge in [0.2, 0.25) is 5.91 Å². The summed E-state index contributed by atoms with van der Waals surface area (Å²) in [5.74, 6) is -0.582. The average molecular weight is 371 g/mol. The van der Waals surface area contributed by atoms with E-state index in [1.165, 1.54) is 30.4 Å². The van der Waals surface area contributed by atoms with Gasteiger partial charge in [-0.3, -0.25) is 19.9 Å². The maximum absolute atomic E-state index is 12.3. The van der Waals surface area contributed by atoms with Crippen molar-refractivity contribution in [2.45, 2.75) is 23.9 Å². The molecule has 2 aromatic heterocycles. The molecule has 134 valence electrons. The number of nitrogens with zero attached hydrogens (tertiary/aromatic N) is 4. The highest BCUT2D eigenvalue weighted by Crippen LogP contribution is 2.30. The molecule has 2 aromatic rings. The van der Waals surface area contributed by atoms with E-state index in [9.17, 15) is 9.59 Å². The molecule has 1 unspecified atom stereocenters. The number of hydrogen-bond donors (Lipinski definition) is 3. The molecule has 26 heavy (non-hydrogen) atoms. The predicted octanol–water partition coefficient (Wildman–Crippen LogP) is 0.896. The van der Waals surface area contributed by atoms with Crippen molar-refractivity contribution in [2.24, 2.45) is 10.7 Å². The molecule has 0 fully saturated rings. The number of hydrogen-bond acceptors (Lipinski definition) is 8. The normalized spacial score (nSPS) is 19.5. The Morgan fingerprint density at radius 2 is 2.15 bits per heavy atom. The first-order valence-corrected chi connectivity index (χ1v) is 8.91. The number of amides is 2. The summed E-state index contributed by atoms with van der Waals surface area (Å²) in [6.45, 7) is 1.76. The predicted molar refractivity (Wildman–Crippen MR) is 97.7 cm³/mol. The van der Waals surface area contributed by atoms with Crippen molar-refractivity contribution in [1.29, 1.82) is 0 Å². The van der Waals surface area contributed by atoms with Crippen LogP contribution in [0.1, 0.15) is 29.5 Å². The van der Waals surface area contributed by atoms with Crippen LogP contribution in [0.3, 0.4) is 0 Å². The van der Waals surface area contributed by atoms with Crippen molar-refractivity contribution in [3.8, 4) is 0 Å². The molecule has 0 radical (unpaired) electrons. The number of thioether (sulfide) groups is 1. The third-order valence-corrected chi connectivity index (χ3v) is 4.41. The lowest BCUT2D eigenvalue weighted by molar-refractivity contribution is -0.121. The van der Waals surface area contributed by atoms with Crippen LogP contribution in [0.15, 0.2) is 40.7 Å². The summed E-state index contributed by atoms with van der Waals surface area (Å²) in [7, 11) is 0. The Morgan fingerprint density at radius 1 is 1.35 bits per heavy atom. The molecule has 0 aliphatic carbocycles. The molecule has 1 atom stereocenters. The number of aromatic nitrogens is 3. The summed E-state index contributed by atoms with van der Waals surface area (Å²) in [6.07, 6.45) is 6.48. The molecule has 0 bridgehead atoms. The number of pyridine rings is 1. The number of anilines is 1. The fourth-order valence-electron chi connectivity index (χ4n) is 2.52. The number of carbonyl (C=O) groups is 2. The summed E-state index contributed by atoms with van der Waals surface area (Å²) < 4.78 is 0. The second-order valence-electron chi connectivity index (χ2n) is 5.82. The van der Waals surface area contributed by atoms with Crippen LogP contribution in [0.5, 0.6) is 0 Å². The topological polar surface area (TPSA) is 135 Å². The first kappa shape index (κ1) is 17.8. The molecule has 3 rings (SSSR count). The van der Waals surface area contributed by atoms with E-state index in [1.54, 1.807) is 19.1 Å². The van der Waals surface area contributed by atoms with Crippen LogP contribution >= 0.6 is 11.8 Å². The standard InChI is InChI=1S/C16H17N7O2S/c1-16(6-12(24)22-15(17)23-16)11-5-9(3-4-18-11)21-14(25)10-7-20-13(26-2)8-19-10/h3-5,7-8H,6H2,1-2H3,(H,18,21,25)(H3,17,22,23,24). The summed E-state index contributed by atoms with van der Waals surface area (Å²) in [6, 6.07) is 3.31. The van der Waals surface area contributed by atoms with Gasteiger partial charge >= 0.3 is 0 Å². The molecular weight excluding hydrogens is 354 g/mol. The fraction of sp³-hybridized carbons (Fsp3) is 0.250. The third kappa shape index (κ3) is 3.80. The lowest BCUT2D eigenvalue weighted by atomic mass is 9.92. The van der Waals surface area contributed by atoms with Crippen LogP contribution in [0, 0.1) is 0 Å². The van der Waals surface area contributed by atoms with Gasteiger partial charge in [0.15, 0.2) is 5.96 Å². The Morgan fingerprint density at radius 3 is 2.81 bits per heavy atom. The number of guanidine groups is 1. The Labute approximate surface area is 153 Å². The van der Waals surface area contributed by atoms with Crippen molar-refractivity contribution in [3.05, 3.63) is 42.1 Å². The molecule has 9 nitrogen and oxygen atoms in total. The van der Waals surface area contributed by atoms with Crippen LogP contribution in [0.4, 0.5) is 5.69 Å². The molecule has 10 heteroatoms. The Hall–Kier alpha value is -3.01. The average Bonchev–Trinajstić information content (AvgIpc) is 2.61. The number of nitrogens with one attached hydrogen (secondary N) is 2.